The minimum Gasteiger partial charge on any atom is -0.394 e. The van der Waals surface area contributed by atoms with Crippen molar-refractivity contribution in [2.45, 2.75) is 26.1 Å². The summed E-state index contributed by atoms with van der Waals surface area (Å²) in [5, 5.41) is 15.0. The number of hydrogen-bond acceptors (Lipinski definition) is 5. The summed E-state index contributed by atoms with van der Waals surface area (Å²) in [6.07, 6.45) is -4.61. The average Bonchev–Trinajstić information content (AvgIpc) is 2.51. The molecule has 0 unspecified atom stereocenters. The quantitative estimate of drug-likeness (QED) is 0.647. The Hall–Kier alpha value is -1.87. The van der Waals surface area contributed by atoms with E-state index in [9.17, 15) is 18.3 Å². The fourth-order valence-electron chi connectivity index (χ4n) is 2.02. The van der Waals surface area contributed by atoms with E-state index in [0.717, 1.165) is 10.5 Å². The van der Waals surface area contributed by atoms with E-state index in [1.54, 1.807) is 24.3 Å². The third-order valence-corrected chi connectivity index (χ3v) is 3.92. The predicted octanol–water partition coefficient (Wildman–Crippen LogP) is 4.43. The van der Waals surface area contributed by atoms with Gasteiger partial charge in [-0.05, 0) is 24.1 Å². The van der Waals surface area contributed by atoms with Crippen LogP contribution in [0.5, 0.6) is 0 Å². The van der Waals surface area contributed by atoms with Crippen molar-refractivity contribution in [1.82, 2.24) is 9.97 Å². The van der Waals surface area contributed by atoms with Gasteiger partial charge in [-0.25, -0.2) is 4.98 Å². The molecule has 1 heterocycles. The zero-order valence-corrected chi connectivity index (χ0v) is 15.2. The Morgan fingerprint density at radius 1 is 1.20 bits per heavy atom. The molecule has 1 atom stereocenters. The Balaban J connectivity index is 2.36. The van der Waals surface area contributed by atoms with Crippen molar-refractivity contribution >= 4 is 33.4 Å². The normalized spacial score (nSPS) is 13.0. The van der Waals surface area contributed by atoms with Gasteiger partial charge in [0, 0.05) is 16.2 Å². The van der Waals surface area contributed by atoms with Crippen molar-refractivity contribution in [3.8, 4) is 0 Å². The second-order valence-electron chi connectivity index (χ2n) is 5.77. The van der Waals surface area contributed by atoms with Gasteiger partial charge in [-0.3, -0.25) is 0 Å². The molecule has 0 spiro atoms. The van der Waals surface area contributed by atoms with Gasteiger partial charge in [0.15, 0.2) is 5.69 Å². The molecular weight excluding hydrogens is 401 g/mol. The molecule has 1 aromatic carbocycles. The van der Waals surface area contributed by atoms with Crippen molar-refractivity contribution in [3.63, 3.8) is 0 Å². The molecule has 0 radical (unpaired) electrons. The first-order chi connectivity index (χ1) is 11.7. The molecule has 0 saturated carbocycles. The molecule has 0 aliphatic rings. The van der Waals surface area contributed by atoms with Crippen LogP contribution in [-0.2, 0) is 6.18 Å². The minimum absolute atomic E-state index is 0.00312. The monoisotopic (exact) mass is 418 g/mol. The maximum atomic E-state index is 13.1. The summed E-state index contributed by atoms with van der Waals surface area (Å²) in [5.74, 6) is -0.201. The first-order valence-corrected chi connectivity index (χ1v) is 8.34. The molecule has 0 fully saturated rings. The van der Waals surface area contributed by atoms with Gasteiger partial charge in [-0.1, -0.05) is 35.8 Å². The van der Waals surface area contributed by atoms with Gasteiger partial charge in [0.1, 0.15) is 5.82 Å². The zero-order chi connectivity index (χ0) is 18.6. The molecule has 3 N–H and O–H groups in total. The minimum atomic E-state index is -4.61. The lowest BCUT2D eigenvalue weighted by Gasteiger charge is -2.21. The van der Waals surface area contributed by atoms with Crippen LogP contribution in [0.15, 0.2) is 34.8 Å². The van der Waals surface area contributed by atoms with E-state index in [2.05, 4.69) is 36.5 Å². The van der Waals surface area contributed by atoms with Gasteiger partial charge in [-0.2, -0.15) is 18.2 Å². The molecule has 0 bridgehead atoms. The Labute approximate surface area is 151 Å². The predicted molar refractivity (Wildman–Crippen MR) is 93.8 cm³/mol. The van der Waals surface area contributed by atoms with Crippen LogP contribution in [0.25, 0.3) is 0 Å². The van der Waals surface area contributed by atoms with E-state index in [1.807, 2.05) is 13.8 Å². The highest BCUT2D eigenvalue weighted by molar-refractivity contribution is 9.10. The van der Waals surface area contributed by atoms with Crippen molar-refractivity contribution in [1.29, 1.82) is 0 Å². The van der Waals surface area contributed by atoms with E-state index in [-0.39, 0.29) is 24.3 Å². The Morgan fingerprint density at radius 3 is 2.48 bits per heavy atom. The van der Waals surface area contributed by atoms with Crippen LogP contribution in [0.1, 0.15) is 19.5 Å². The lowest BCUT2D eigenvalue weighted by atomic mass is 10.1. The van der Waals surface area contributed by atoms with Gasteiger partial charge < -0.3 is 15.7 Å². The highest BCUT2D eigenvalue weighted by Gasteiger charge is 2.34. The molecule has 136 valence electrons. The van der Waals surface area contributed by atoms with E-state index in [1.165, 1.54) is 0 Å². The summed E-state index contributed by atoms with van der Waals surface area (Å²) in [4.78, 5) is 7.61. The summed E-state index contributed by atoms with van der Waals surface area (Å²) in [7, 11) is 0. The van der Waals surface area contributed by atoms with Crippen molar-refractivity contribution in [3.05, 3.63) is 40.5 Å². The lowest BCUT2D eigenvalue weighted by molar-refractivity contribution is -0.141. The highest BCUT2D eigenvalue weighted by Crippen LogP contribution is 2.31. The van der Waals surface area contributed by atoms with Gasteiger partial charge >= 0.3 is 6.18 Å². The van der Waals surface area contributed by atoms with Gasteiger partial charge in [0.05, 0.1) is 12.6 Å². The summed E-state index contributed by atoms with van der Waals surface area (Å²) >= 11 is 3.30. The third kappa shape index (κ3) is 5.57. The number of anilines is 3. The largest absolute Gasteiger partial charge is 0.433 e. The topological polar surface area (TPSA) is 70.1 Å². The Morgan fingerprint density at radius 2 is 1.92 bits per heavy atom. The molecule has 25 heavy (non-hydrogen) atoms. The highest BCUT2D eigenvalue weighted by atomic mass is 79.9. The van der Waals surface area contributed by atoms with Crippen molar-refractivity contribution in [2.24, 2.45) is 5.92 Å². The van der Waals surface area contributed by atoms with E-state index < -0.39 is 17.9 Å². The summed E-state index contributed by atoms with van der Waals surface area (Å²) in [6, 6.07) is 7.36. The van der Waals surface area contributed by atoms with Crippen LogP contribution in [0.3, 0.4) is 0 Å². The van der Waals surface area contributed by atoms with E-state index >= 15 is 0 Å². The van der Waals surface area contributed by atoms with Crippen LogP contribution in [0.4, 0.5) is 30.6 Å². The standard InChI is InChI=1S/C16H18BrF3N4O/c1-9(2)12(8-25)22-15-23-13(16(18,19)20)7-14(24-15)21-11-5-3-4-10(17)6-11/h3-7,9,12,25H,8H2,1-2H3,(H2,21,22,23,24)/t12-/m0/s1. The smallest absolute Gasteiger partial charge is 0.394 e. The number of aromatic nitrogens is 2. The Kier molecular flexibility index (Phi) is 6.23. The van der Waals surface area contributed by atoms with Crippen molar-refractivity contribution < 1.29 is 18.3 Å². The third-order valence-electron chi connectivity index (χ3n) is 3.43. The first-order valence-electron chi connectivity index (χ1n) is 7.55. The molecule has 1 aromatic heterocycles. The number of benzene rings is 1. The molecule has 0 aliphatic heterocycles. The number of alkyl halides is 3. The number of rotatable bonds is 6. The van der Waals surface area contributed by atoms with Crippen LogP contribution >= 0.6 is 15.9 Å². The summed E-state index contributed by atoms with van der Waals surface area (Å²) in [6.45, 7) is 3.43. The van der Waals surface area contributed by atoms with Crippen LogP contribution in [0.2, 0.25) is 0 Å². The molecule has 0 saturated heterocycles. The number of nitrogens with one attached hydrogen (secondary N) is 2. The number of hydrogen-bond donors (Lipinski definition) is 3. The lowest BCUT2D eigenvalue weighted by Crippen LogP contribution is -2.30. The average molecular weight is 419 g/mol. The van der Waals surface area contributed by atoms with E-state index in [0.29, 0.717) is 5.69 Å². The van der Waals surface area contributed by atoms with Crippen LogP contribution < -0.4 is 10.6 Å². The fourth-order valence-corrected chi connectivity index (χ4v) is 2.42. The molecule has 2 aromatic rings. The molecule has 0 aliphatic carbocycles. The van der Waals surface area contributed by atoms with Gasteiger partial charge in [0.2, 0.25) is 5.95 Å². The Bertz CT molecular complexity index is 725. The maximum absolute atomic E-state index is 13.1. The molecule has 2 rings (SSSR count). The SMILES string of the molecule is CC(C)[C@H](CO)Nc1nc(Nc2cccc(Br)c2)cc(C(F)(F)F)n1. The van der Waals surface area contributed by atoms with Gasteiger partial charge in [-0.15, -0.1) is 0 Å². The number of aliphatic hydroxyl groups is 1. The number of aliphatic hydroxyl groups excluding tert-OH is 1. The van der Waals surface area contributed by atoms with Gasteiger partial charge in [0.25, 0.3) is 0 Å². The zero-order valence-electron chi connectivity index (χ0n) is 13.6. The summed E-state index contributed by atoms with van der Waals surface area (Å²) in [5.41, 5.74) is -0.488. The molecule has 0 amide bonds. The second kappa shape index (κ2) is 8.01. The fraction of sp³-hybridized carbons (Fsp3) is 0.375. The van der Waals surface area contributed by atoms with E-state index in [4.69, 9.17) is 0 Å². The second-order valence-corrected chi connectivity index (χ2v) is 6.69. The van der Waals surface area contributed by atoms with Crippen molar-refractivity contribution in [2.75, 3.05) is 17.2 Å². The number of halogens is 4. The summed E-state index contributed by atoms with van der Waals surface area (Å²) < 4.78 is 40.2. The maximum Gasteiger partial charge on any atom is 0.433 e. The molecule has 5 nitrogen and oxygen atoms in total. The molecule has 9 heteroatoms. The first kappa shape index (κ1) is 19.5. The molecular formula is C16H18BrF3N4O. The van der Waals surface area contributed by atoms with Crippen LogP contribution in [0, 0.1) is 5.92 Å². The number of nitrogens with zero attached hydrogens (tertiary/aromatic N) is 2. The van der Waals surface area contributed by atoms with Crippen LogP contribution in [-0.4, -0.2) is 27.7 Å².